The van der Waals surface area contributed by atoms with E-state index in [1.165, 1.54) is 6.92 Å². The fraction of sp³-hybridized carbons (Fsp3) is 0.207. The molecule has 0 bridgehead atoms. The smallest absolute Gasteiger partial charge is 0.303 e. The van der Waals surface area contributed by atoms with Crippen molar-refractivity contribution < 1.29 is 24.3 Å². The lowest BCUT2D eigenvalue weighted by Crippen LogP contribution is -2.48. The van der Waals surface area contributed by atoms with Crippen LogP contribution in [0.5, 0.6) is 0 Å². The molecule has 10 heteroatoms. The summed E-state index contributed by atoms with van der Waals surface area (Å²) in [5.41, 5.74) is 9.52. The van der Waals surface area contributed by atoms with Gasteiger partial charge in [0.25, 0.3) is 0 Å². The fourth-order valence-corrected chi connectivity index (χ4v) is 3.32. The Morgan fingerprint density at radius 3 is 1.97 bits per heavy atom. The molecule has 0 saturated heterocycles. The number of hydrogen-bond donors (Lipinski definition) is 6. The van der Waals surface area contributed by atoms with E-state index in [0.717, 1.165) is 16.7 Å². The lowest BCUT2D eigenvalue weighted by Gasteiger charge is -2.19. The van der Waals surface area contributed by atoms with Crippen molar-refractivity contribution in [2.45, 2.75) is 32.7 Å². The number of hydrogen-bond acceptors (Lipinski definition) is 5. The van der Waals surface area contributed by atoms with Gasteiger partial charge in [-0.2, -0.15) is 0 Å². The van der Waals surface area contributed by atoms with E-state index in [-0.39, 0.29) is 31.1 Å². The number of amidine groups is 1. The highest BCUT2D eigenvalue weighted by molar-refractivity contribution is 5.99. The van der Waals surface area contributed by atoms with E-state index in [1.54, 1.807) is 31.2 Å². The molecule has 3 aromatic rings. The van der Waals surface area contributed by atoms with E-state index < -0.39 is 23.8 Å². The third kappa shape index (κ3) is 10.9. The van der Waals surface area contributed by atoms with E-state index in [4.69, 9.17) is 16.2 Å². The standard InChI is InChI=1S/C26H27N5O3.C3H6O2/c1-17(32)29-16-24(33)31-23(26(34)30-22-13-11-21(12-14-22)25(27)28)15-18-7-9-20(10-8-18)19-5-3-2-4-6-19;1-2-3(4)5/h2-14,23H,15-16H2,1H3,(H3,27,28)(H,29,32)(H,30,34)(H,31,33);2H2,1H3,(H,4,5). The molecule has 3 aromatic carbocycles. The molecule has 3 amide bonds. The number of amides is 3. The van der Waals surface area contributed by atoms with Gasteiger partial charge < -0.3 is 26.8 Å². The van der Waals surface area contributed by atoms with Gasteiger partial charge in [0.2, 0.25) is 17.7 Å². The molecule has 0 aromatic heterocycles. The zero-order valence-corrected chi connectivity index (χ0v) is 21.9. The monoisotopic (exact) mass is 531 g/mol. The van der Waals surface area contributed by atoms with Gasteiger partial charge in [0, 0.05) is 31.0 Å². The third-order valence-corrected chi connectivity index (χ3v) is 5.42. The third-order valence-electron chi connectivity index (χ3n) is 5.42. The molecule has 0 aliphatic rings. The first-order valence-corrected chi connectivity index (χ1v) is 12.2. The van der Waals surface area contributed by atoms with Crippen LogP contribution in [0.3, 0.4) is 0 Å². The Labute approximate surface area is 227 Å². The normalized spacial score (nSPS) is 10.7. The summed E-state index contributed by atoms with van der Waals surface area (Å²) in [6.07, 6.45) is 0.484. The Morgan fingerprint density at radius 1 is 0.897 bits per heavy atom. The number of benzene rings is 3. The molecule has 7 N–H and O–H groups in total. The zero-order chi connectivity index (χ0) is 28.8. The van der Waals surface area contributed by atoms with Crippen molar-refractivity contribution in [2.75, 3.05) is 11.9 Å². The van der Waals surface area contributed by atoms with Crippen molar-refractivity contribution in [2.24, 2.45) is 5.73 Å². The van der Waals surface area contributed by atoms with Crippen LogP contribution in [-0.4, -0.2) is 47.2 Å². The second kappa shape index (κ2) is 15.3. The number of nitrogens with two attached hydrogens (primary N) is 1. The van der Waals surface area contributed by atoms with Gasteiger partial charge in [-0.25, -0.2) is 0 Å². The first-order chi connectivity index (χ1) is 18.6. The van der Waals surface area contributed by atoms with Crippen LogP contribution in [0.25, 0.3) is 11.1 Å². The number of carbonyl (C=O) groups is 4. The minimum absolute atomic E-state index is 0.0695. The molecule has 39 heavy (non-hydrogen) atoms. The maximum Gasteiger partial charge on any atom is 0.303 e. The predicted octanol–water partition coefficient (Wildman–Crippen LogP) is 2.92. The lowest BCUT2D eigenvalue weighted by atomic mass is 10.00. The minimum atomic E-state index is -0.865. The molecule has 0 aliphatic heterocycles. The summed E-state index contributed by atoms with van der Waals surface area (Å²) in [6.45, 7) is 2.69. The number of carbonyl (C=O) groups excluding carboxylic acids is 3. The van der Waals surface area contributed by atoms with Crippen molar-refractivity contribution in [1.82, 2.24) is 10.6 Å². The van der Waals surface area contributed by atoms with Crippen LogP contribution < -0.4 is 21.7 Å². The molecule has 1 unspecified atom stereocenters. The van der Waals surface area contributed by atoms with Crippen LogP contribution in [0, 0.1) is 5.41 Å². The molecule has 1 atom stereocenters. The number of nitrogen functional groups attached to an aromatic ring is 1. The van der Waals surface area contributed by atoms with Gasteiger partial charge in [-0.1, -0.05) is 61.5 Å². The molecular formula is C29H33N5O5. The number of carboxylic acid groups (broad SMARTS) is 1. The Kier molecular flexibility index (Phi) is 11.9. The van der Waals surface area contributed by atoms with Crippen LogP contribution in [0.2, 0.25) is 0 Å². The molecular weight excluding hydrogens is 498 g/mol. The molecule has 10 nitrogen and oxygen atoms in total. The fourth-order valence-electron chi connectivity index (χ4n) is 3.32. The van der Waals surface area contributed by atoms with Crippen LogP contribution >= 0.6 is 0 Å². The maximum absolute atomic E-state index is 13.0. The van der Waals surface area contributed by atoms with Gasteiger partial charge in [-0.15, -0.1) is 0 Å². The highest BCUT2D eigenvalue weighted by Crippen LogP contribution is 2.20. The maximum atomic E-state index is 13.0. The summed E-state index contributed by atoms with van der Waals surface area (Å²) in [7, 11) is 0. The Bertz CT molecular complexity index is 1280. The lowest BCUT2D eigenvalue weighted by molar-refractivity contribution is -0.136. The van der Waals surface area contributed by atoms with Crippen LogP contribution in [0.4, 0.5) is 5.69 Å². The molecule has 3 rings (SSSR count). The molecule has 0 spiro atoms. The van der Waals surface area contributed by atoms with Crippen LogP contribution in [0.15, 0.2) is 78.9 Å². The minimum Gasteiger partial charge on any atom is -0.481 e. The second-order valence-corrected chi connectivity index (χ2v) is 8.52. The number of anilines is 1. The van der Waals surface area contributed by atoms with Gasteiger partial charge >= 0.3 is 5.97 Å². The van der Waals surface area contributed by atoms with E-state index in [0.29, 0.717) is 11.3 Å². The van der Waals surface area contributed by atoms with Crippen molar-refractivity contribution in [1.29, 1.82) is 5.41 Å². The van der Waals surface area contributed by atoms with Crippen molar-refractivity contribution in [3.8, 4) is 11.1 Å². The van der Waals surface area contributed by atoms with Gasteiger partial charge in [-0.05, 0) is 41.0 Å². The quantitative estimate of drug-likeness (QED) is 0.173. The molecule has 0 fully saturated rings. The number of rotatable bonds is 10. The summed E-state index contributed by atoms with van der Waals surface area (Å²) in [5, 5.41) is 23.1. The topological polar surface area (TPSA) is 174 Å². The summed E-state index contributed by atoms with van der Waals surface area (Å²) < 4.78 is 0. The zero-order valence-electron chi connectivity index (χ0n) is 21.9. The van der Waals surface area contributed by atoms with Crippen molar-refractivity contribution in [3.05, 3.63) is 90.0 Å². The van der Waals surface area contributed by atoms with Crippen molar-refractivity contribution >= 4 is 35.2 Å². The largest absolute Gasteiger partial charge is 0.481 e. The highest BCUT2D eigenvalue weighted by Gasteiger charge is 2.22. The average molecular weight is 532 g/mol. The highest BCUT2D eigenvalue weighted by atomic mass is 16.4. The molecule has 204 valence electrons. The second-order valence-electron chi connectivity index (χ2n) is 8.52. The summed E-state index contributed by atoms with van der Waals surface area (Å²) in [5.74, 6) is -2.02. The first kappa shape index (κ1) is 30.2. The van der Waals surface area contributed by atoms with Gasteiger partial charge in [0.05, 0.1) is 6.54 Å². The van der Waals surface area contributed by atoms with Crippen LogP contribution in [-0.2, 0) is 25.6 Å². The summed E-state index contributed by atoms with van der Waals surface area (Å²) in [6, 6.07) is 23.4. The van der Waals surface area contributed by atoms with E-state index in [1.807, 2.05) is 54.6 Å². The number of nitrogens with one attached hydrogen (secondary N) is 4. The van der Waals surface area contributed by atoms with Crippen molar-refractivity contribution in [3.63, 3.8) is 0 Å². The first-order valence-electron chi connectivity index (χ1n) is 12.2. The van der Waals surface area contributed by atoms with Gasteiger partial charge in [0.1, 0.15) is 11.9 Å². The molecule has 0 saturated carbocycles. The SMILES string of the molecule is CC(=O)NCC(=O)NC(Cc1ccc(-c2ccccc2)cc1)C(=O)Nc1ccc(C(=N)N)cc1.CCC(=O)O. The Hall–Kier alpha value is -4.99. The predicted molar refractivity (Wildman–Crippen MR) is 150 cm³/mol. The van der Waals surface area contributed by atoms with E-state index in [2.05, 4.69) is 16.0 Å². The van der Waals surface area contributed by atoms with E-state index >= 15 is 0 Å². The number of aliphatic carboxylic acids is 1. The summed E-state index contributed by atoms with van der Waals surface area (Å²) >= 11 is 0. The Morgan fingerprint density at radius 2 is 1.46 bits per heavy atom. The molecule has 0 heterocycles. The molecule has 0 radical (unpaired) electrons. The van der Waals surface area contributed by atoms with Gasteiger partial charge in [0.15, 0.2) is 0 Å². The Balaban J connectivity index is 0.000000976. The van der Waals surface area contributed by atoms with E-state index in [9.17, 15) is 19.2 Å². The van der Waals surface area contributed by atoms with Gasteiger partial charge in [-0.3, -0.25) is 24.6 Å². The number of carboxylic acids is 1. The average Bonchev–Trinajstić information content (AvgIpc) is 2.93. The summed E-state index contributed by atoms with van der Waals surface area (Å²) in [4.78, 5) is 45.8. The van der Waals surface area contributed by atoms with Crippen LogP contribution in [0.1, 0.15) is 31.4 Å². The molecule has 0 aliphatic carbocycles.